The Bertz CT molecular complexity index is 539. The second-order valence-electron chi connectivity index (χ2n) is 5.38. The predicted molar refractivity (Wildman–Crippen MR) is 77.2 cm³/mol. The molecule has 0 saturated carbocycles. The number of nitrogens with one attached hydrogen (secondary N) is 2. The van der Waals surface area contributed by atoms with Crippen molar-refractivity contribution >= 4 is 10.9 Å². The third-order valence-corrected chi connectivity index (χ3v) is 4.05. The van der Waals surface area contributed by atoms with E-state index in [2.05, 4.69) is 28.5 Å². The third-order valence-electron chi connectivity index (χ3n) is 4.05. The zero-order chi connectivity index (χ0) is 12.4. The van der Waals surface area contributed by atoms with Crippen molar-refractivity contribution in [1.29, 1.82) is 0 Å². The summed E-state index contributed by atoms with van der Waals surface area (Å²) in [7, 11) is 2.02. The van der Waals surface area contributed by atoms with Gasteiger partial charge in [-0.3, -0.25) is 0 Å². The largest absolute Gasteiger partial charge is 0.358 e. The smallest absolute Gasteiger partial charge is 0.0459 e. The van der Waals surface area contributed by atoms with Crippen molar-refractivity contribution in [2.75, 3.05) is 13.6 Å². The number of aromatic amines is 1. The van der Waals surface area contributed by atoms with Gasteiger partial charge in [-0.15, -0.1) is 0 Å². The average Bonchev–Trinajstić information content (AvgIpc) is 2.77. The lowest BCUT2D eigenvalue weighted by Gasteiger charge is -2.10. The molecule has 0 fully saturated rings. The van der Waals surface area contributed by atoms with Gasteiger partial charge in [-0.05, 0) is 75.4 Å². The van der Waals surface area contributed by atoms with Crippen molar-refractivity contribution < 1.29 is 0 Å². The normalized spacial score (nSPS) is 14.9. The van der Waals surface area contributed by atoms with Gasteiger partial charge in [0.2, 0.25) is 0 Å². The maximum Gasteiger partial charge on any atom is 0.0459 e. The molecule has 2 heteroatoms. The van der Waals surface area contributed by atoms with Gasteiger partial charge in [0, 0.05) is 16.6 Å². The lowest BCUT2D eigenvalue weighted by Crippen LogP contribution is -2.08. The Morgan fingerprint density at radius 2 is 2.11 bits per heavy atom. The van der Waals surface area contributed by atoms with E-state index in [1.807, 2.05) is 7.05 Å². The molecule has 1 aliphatic carbocycles. The first-order valence-corrected chi connectivity index (χ1v) is 7.15. The van der Waals surface area contributed by atoms with Crippen LogP contribution < -0.4 is 5.32 Å². The molecular weight excluding hydrogens is 220 g/mol. The number of fused-ring (bicyclic) bond motifs is 3. The Balaban J connectivity index is 1.90. The van der Waals surface area contributed by atoms with E-state index in [1.54, 1.807) is 5.56 Å². The van der Waals surface area contributed by atoms with E-state index in [9.17, 15) is 0 Å². The molecule has 0 amide bonds. The van der Waals surface area contributed by atoms with Crippen LogP contribution in [0.4, 0.5) is 0 Å². The molecule has 0 aliphatic heterocycles. The lowest BCUT2D eigenvalue weighted by molar-refractivity contribution is 0.680. The van der Waals surface area contributed by atoms with Crippen molar-refractivity contribution in [3.05, 3.63) is 35.0 Å². The van der Waals surface area contributed by atoms with Gasteiger partial charge in [0.25, 0.3) is 0 Å². The van der Waals surface area contributed by atoms with E-state index in [0.717, 1.165) is 6.54 Å². The van der Waals surface area contributed by atoms with Gasteiger partial charge in [-0.1, -0.05) is 6.07 Å². The van der Waals surface area contributed by atoms with Crippen LogP contribution in [0.1, 0.15) is 36.1 Å². The highest BCUT2D eigenvalue weighted by atomic mass is 14.8. The van der Waals surface area contributed by atoms with Crippen LogP contribution in [0, 0.1) is 0 Å². The van der Waals surface area contributed by atoms with Gasteiger partial charge in [-0.25, -0.2) is 0 Å². The molecule has 0 radical (unpaired) electrons. The second kappa shape index (κ2) is 5.15. The van der Waals surface area contributed by atoms with E-state index in [1.165, 1.54) is 60.7 Å². The Hall–Kier alpha value is -1.28. The molecule has 3 rings (SSSR count). The van der Waals surface area contributed by atoms with Crippen LogP contribution in [0.3, 0.4) is 0 Å². The van der Waals surface area contributed by atoms with Crippen molar-refractivity contribution in [3.8, 4) is 0 Å². The van der Waals surface area contributed by atoms with Crippen molar-refractivity contribution in [2.45, 2.75) is 38.5 Å². The zero-order valence-electron chi connectivity index (χ0n) is 11.2. The van der Waals surface area contributed by atoms with Gasteiger partial charge in [0.05, 0.1) is 0 Å². The fraction of sp³-hybridized carbons (Fsp3) is 0.500. The third kappa shape index (κ3) is 2.17. The molecule has 0 spiro atoms. The SMILES string of the molecule is CNCCCc1ccc2[nH]c3c(c2c1)CCCC3. The van der Waals surface area contributed by atoms with Gasteiger partial charge >= 0.3 is 0 Å². The second-order valence-corrected chi connectivity index (χ2v) is 5.38. The molecule has 0 saturated heterocycles. The summed E-state index contributed by atoms with van der Waals surface area (Å²) >= 11 is 0. The number of H-pyrrole nitrogens is 1. The quantitative estimate of drug-likeness (QED) is 0.792. The van der Waals surface area contributed by atoms with Crippen molar-refractivity contribution in [1.82, 2.24) is 10.3 Å². The summed E-state index contributed by atoms with van der Waals surface area (Å²) in [6.07, 6.45) is 7.58. The van der Waals surface area contributed by atoms with Crippen LogP contribution in [0.25, 0.3) is 10.9 Å². The van der Waals surface area contributed by atoms with E-state index in [-0.39, 0.29) is 0 Å². The zero-order valence-corrected chi connectivity index (χ0v) is 11.2. The summed E-state index contributed by atoms with van der Waals surface area (Å²) in [4.78, 5) is 3.60. The molecule has 1 aromatic carbocycles. The van der Waals surface area contributed by atoms with Crippen LogP contribution in [-0.2, 0) is 19.3 Å². The molecule has 0 unspecified atom stereocenters. The number of aromatic nitrogens is 1. The Labute approximate surface area is 109 Å². The summed E-state index contributed by atoms with van der Waals surface area (Å²) in [5.74, 6) is 0. The van der Waals surface area contributed by atoms with E-state index >= 15 is 0 Å². The minimum Gasteiger partial charge on any atom is -0.358 e. The topological polar surface area (TPSA) is 27.8 Å². The number of hydrogen-bond acceptors (Lipinski definition) is 1. The van der Waals surface area contributed by atoms with Gasteiger partial charge in [0.1, 0.15) is 0 Å². The number of hydrogen-bond donors (Lipinski definition) is 2. The van der Waals surface area contributed by atoms with Crippen LogP contribution in [-0.4, -0.2) is 18.6 Å². The first-order valence-electron chi connectivity index (χ1n) is 7.15. The van der Waals surface area contributed by atoms with Crippen molar-refractivity contribution in [3.63, 3.8) is 0 Å². The highest BCUT2D eigenvalue weighted by molar-refractivity contribution is 5.85. The van der Waals surface area contributed by atoms with Gasteiger partial charge < -0.3 is 10.3 Å². The van der Waals surface area contributed by atoms with Crippen LogP contribution in [0.5, 0.6) is 0 Å². The molecular formula is C16H22N2. The maximum atomic E-state index is 3.60. The molecule has 96 valence electrons. The maximum absolute atomic E-state index is 3.60. The summed E-state index contributed by atoms with van der Waals surface area (Å²) in [5, 5.41) is 4.69. The minimum atomic E-state index is 1.10. The average molecular weight is 242 g/mol. The molecule has 2 nitrogen and oxygen atoms in total. The number of aryl methyl sites for hydroxylation is 3. The summed E-state index contributed by atoms with van der Waals surface area (Å²) in [6.45, 7) is 1.10. The highest BCUT2D eigenvalue weighted by Gasteiger charge is 2.15. The van der Waals surface area contributed by atoms with Crippen LogP contribution in [0.2, 0.25) is 0 Å². The van der Waals surface area contributed by atoms with Crippen LogP contribution >= 0.6 is 0 Å². The molecule has 0 bridgehead atoms. The Morgan fingerprint density at radius 1 is 1.22 bits per heavy atom. The number of benzene rings is 1. The van der Waals surface area contributed by atoms with E-state index < -0.39 is 0 Å². The molecule has 2 aromatic rings. The molecule has 1 aliphatic rings. The Morgan fingerprint density at radius 3 is 3.00 bits per heavy atom. The minimum absolute atomic E-state index is 1.10. The predicted octanol–water partition coefficient (Wildman–Crippen LogP) is 3.20. The lowest BCUT2D eigenvalue weighted by atomic mass is 9.95. The first-order chi connectivity index (χ1) is 8.88. The summed E-state index contributed by atoms with van der Waals surface area (Å²) in [6, 6.07) is 6.95. The standard InChI is InChI=1S/C16H22N2/c1-17-10-4-5-12-8-9-16-14(11-12)13-6-2-3-7-15(13)18-16/h8-9,11,17-18H,2-7,10H2,1H3. The van der Waals surface area contributed by atoms with E-state index in [4.69, 9.17) is 0 Å². The molecule has 0 atom stereocenters. The monoisotopic (exact) mass is 242 g/mol. The van der Waals surface area contributed by atoms with E-state index in [0.29, 0.717) is 0 Å². The summed E-state index contributed by atoms with van der Waals surface area (Å²) < 4.78 is 0. The van der Waals surface area contributed by atoms with Crippen molar-refractivity contribution in [2.24, 2.45) is 0 Å². The number of rotatable bonds is 4. The summed E-state index contributed by atoms with van der Waals surface area (Å²) in [5.41, 5.74) is 5.89. The van der Waals surface area contributed by atoms with Crippen LogP contribution in [0.15, 0.2) is 18.2 Å². The molecule has 18 heavy (non-hydrogen) atoms. The fourth-order valence-corrected chi connectivity index (χ4v) is 3.08. The van der Waals surface area contributed by atoms with Gasteiger partial charge in [0.15, 0.2) is 0 Å². The van der Waals surface area contributed by atoms with Gasteiger partial charge in [-0.2, -0.15) is 0 Å². The molecule has 1 heterocycles. The Kier molecular flexibility index (Phi) is 3.37. The first kappa shape index (κ1) is 11.8. The molecule has 2 N–H and O–H groups in total. The highest BCUT2D eigenvalue weighted by Crippen LogP contribution is 2.29. The fourth-order valence-electron chi connectivity index (χ4n) is 3.08. The molecule has 1 aromatic heterocycles.